The minimum absolute atomic E-state index is 0.0940. The number of hydrogen-bond acceptors (Lipinski definition) is 2. The maximum atomic E-state index is 9.54. The maximum Gasteiger partial charge on any atom is 0.0828 e. The van der Waals surface area contributed by atoms with E-state index in [0.29, 0.717) is 12.5 Å². The third-order valence-electron chi connectivity index (χ3n) is 2.21. The van der Waals surface area contributed by atoms with Gasteiger partial charge in [-0.25, -0.2) is 0 Å². The van der Waals surface area contributed by atoms with Crippen LogP contribution in [0.1, 0.15) is 19.8 Å². The predicted octanol–water partition coefficient (Wildman–Crippen LogP) is 1.35. The van der Waals surface area contributed by atoms with Crippen LogP contribution in [0.2, 0.25) is 0 Å². The summed E-state index contributed by atoms with van der Waals surface area (Å²) in [5.74, 6) is 0.299. The fourth-order valence-corrected chi connectivity index (χ4v) is 1.40. The third kappa shape index (κ3) is 1.82. The lowest BCUT2D eigenvalue weighted by atomic mass is 9.89. The lowest BCUT2D eigenvalue weighted by Gasteiger charge is -2.37. The molecule has 11 heavy (non-hydrogen) atoms. The average Bonchev–Trinajstić information content (AvgIpc) is 1.86. The van der Waals surface area contributed by atoms with E-state index in [0.717, 1.165) is 12.8 Å². The van der Waals surface area contributed by atoms with Gasteiger partial charge in [-0.2, -0.15) is 0 Å². The van der Waals surface area contributed by atoms with E-state index in [2.05, 4.69) is 13.5 Å². The normalized spacial score (nSPS) is 32.5. The Hall–Kier alpha value is -0.340. The fraction of sp³-hybridized carbons (Fsp3) is 0.778. The van der Waals surface area contributed by atoms with E-state index >= 15 is 0 Å². The molecule has 1 saturated heterocycles. The number of aliphatic hydroxyl groups excluding tert-OH is 1. The molecule has 64 valence electrons. The molecule has 0 bridgehead atoms. The molecule has 2 heteroatoms. The van der Waals surface area contributed by atoms with Gasteiger partial charge in [-0.05, 0) is 6.42 Å². The Bertz CT molecular complexity index is 134. The highest BCUT2D eigenvalue weighted by molar-refractivity contribution is 4.95. The van der Waals surface area contributed by atoms with Crippen LogP contribution >= 0.6 is 0 Å². The van der Waals surface area contributed by atoms with Crippen LogP contribution in [0.5, 0.6) is 0 Å². The van der Waals surface area contributed by atoms with E-state index in [1.807, 2.05) is 0 Å². The zero-order chi connectivity index (χ0) is 8.27. The van der Waals surface area contributed by atoms with Crippen molar-refractivity contribution in [1.29, 1.82) is 0 Å². The van der Waals surface area contributed by atoms with Gasteiger partial charge >= 0.3 is 0 Å². The van der Waals surface area contributed by atoms with Gasteiger partial charge in [0.25, 0.3) is 0 Å². The van der Waals surface area contributed by atoms with Crippen LogP contribution in [0.25, 0.3) is 0 Å². The molecule has 0 saturated carbocycles. The molecule has 3 atom stereocenters. The van der Waals surface area contributed by atoms with Crippen molar-refractivity contribution >= 4 is 0 Å². The predicted molar refractivity (Wildman–Crippen MR) is 44.3 cm³/mol. The van der Waals surface area contributed by atoms with Crippen LogP contribution < -0.4 is 0 Å². The van der Waals surface area contributed by atoms with Crippen LogP contribution in [-0.4, -0.2) is 23.9 Å². The van der Waals surface area contributed by atoms with Crippen LogP contribution in [-0.2, 0) is 4.74 Å². The molecule has 1 heterocycles. The standard InChI is InChI=1S/C9H16O2/c1-3-5-8(10)7-6-11-9(7)4-2/h4,7-10H,2-3,5-6H2,1H3/t7-,8-,9-/m1/s1. The molecule has 0 aromatic carbocycles. The van der Waals surface area contributed by atoms with Gasteiger partial charge in [-0.15, -0.1) is 6.58 Å². The largest absolute Gasteiger partial charge is 0.393 e. The fourth-order valence-electron chi connectivity index (χ4n) is 1.40. The Balaban J connectivity index is 2.29. The summed E-state index contributed by atoms with van der Waals surface area (Å²) in [4.78, 5) is 0. The first-order chi connectivity index (χ1) is 5.29. The van der Waals surface area contributed by atoms with Gasteiger partial charge in [0.1, 0.15) is 0 Å². The molecule has 1 aliphatic heterocycles. The molecule has 1 rings (SSSR count). The Labute approximate surface area is 67.9 Å². The van der Waals surface area contributed by atoms with Crippen molar-refractivity contribution in [1.82, 2.24) is 0 Å². The zero-order valence-corrected chi connectivity index (χ0v) is 6.99. The highest BCUT2D eigenvalue weighted by atomic mass is 16.5. The van der Waals surface area contributed by atoms with Crippen molar-refractivity contribution in [2.24, 2.45) is 5.92 Å². The van der Waals surface area contributed by atoms with Crippen molar-refractivity contribution in [3.8, 4) is 0 Å². The molecule has 2 nitrogen and oxygen atoms in total. The van der Waals surface area contributed by atoms with Gasteiger partial charge in [0, 0.05) is 5.92 Å². The first-order valence-corrected chi connectivity index (χ1v) is 4.21. The van der Waals surface area contributed by atoms with E-state index in [-0.39, 0.29) is 12.2 Å². The minimum Gasteiger partial charge on any atom is -0.393 e. The molecular weight excluding hydrogens is 140 g/mol. The van der Waals surface area contributed by atoms with Gasteiger partial charge in [-0.3, -0.25) is 0 Å². The minimum atomic E-state index is -0.197. The maximum absolute atomic E-state index is 9.54. The topological polar surface area (TPSA) is 29.5 Å². The summed E-state index contributed by atoms with van der Waals surface area (Å²) in [6, 6.07) is 0. The summed E-state index contributed by atoms with van der Waals surface area (Å²) in [5.41, 5.74) is 0. The number of ether oxygens (including phenoxy) is 1. The van der Waals surface area contributed by atoms with Crippen LogP contribution in [0.15, 0.2) is 12.7 Å². The van der Waals surface area contributed by atoms with E-state index < -0.39 is 0 Å². The van der Waals surface area contributed by atoms with Crippen LogP contribution in [0.4, 0.5) is 0 Å². The van der Waals surface area contributed by atoms with Gasteiger partial charge < -0.3 is 9.84 Å². The van der Waals surface area contributed by atoms with Crippen LogP contribution in [0.3, 0.4) is 0 Å². The van der Waals surface area contributed by atoms with E-state index in [4.69, 9.17) is 4.74 Å². The summed E-state index contributed by atoms with van der Waals surface area (Å²) >= 11 is 0. The third-order valence-corrected chi connectivity index (χ3v) is 2.21. The Morgan fingerprint density at radius 1 is 1.82 bits per heavy atom. The molecular formula is C9H16O2. The molecule has 0 radical (unpaired) electrons. The summed E-state index contributed by atoms with van der Waals surface area (Å²) in [6.45, 7) is 6.41. The summed E-state index contributed by atoms with van der Waals surface area (Å²) in [6.07, 6.45) is 3.57. The van der Waals surface area contributed by atoms with Gasteiger partial charge in [0.15, 0.2) is 0 Å². The molecule has 1 aliphatic rings. The summed E-state index contributed by atoms with van der Waals surface area (Å²) < 4.78 is 5.18. The quantitative estimate of drug-likeness (QED) is 0.622. The second-order valence-corrected chi connectivity index (χ2v) is 3.05. The molecule has 0 aromatic heterocycles. The van der Waals surface area contributed by atoms with E-state index in [9.17, 15) is 5.11 Å². The van der Waals surface area contributed by atoms with E-state index in [1.165, 1.54) is 0 Å². The Kier molecular flexibility index (Phi) is 3.09. The molecule has 0 aromatic rings. The highest BCUT2D eigenvalue weighted by Crippen LogP contribution is 2.26. The van der Waals surface area contributed by atoms with Crippen molar-refractivity contribution in [2.45, 2.75) is 32.0 Å². The van der Waals surface area contributed by atoms with Crippen LogP contribution in [0, 0.1) is 5.92 Å². The molecule has 0 amide bonds. The molecule has 1 fully saturated rings. The molecule has 0 unspecified atom stereocenters. The van der Waals surface area contributed by atoms with Gasteiger partial charge in [0.05, 0.1) is 18.8 Å². The Morgan fingerprint density at radius 2 is 2.55 bits per heavy atom. The van der Waals surface area contributed by atoms with Gasteiger partial charge in [0.2, 0.25) is 0 Å². The first-order valence-electron chi connectivity index (χ1n) is 4.21. The molecule has 1 N–H and O–H groups in total. The summed E-state index contributed by atoms with van der Waals surface area (Å²) in [5, 5.41) is 9.54. The monoisotopic (exact) mass is 156 g/mol. The second kappa shape index (κ2) is 3.88. The zero-order valence-electron chi connectivity index (χ0n) is 6.99. The van der Waals surface area contributed by atoms with Crippen molar-refractivity contribution in [2.75, 3.05) is 6.61 Å². The number of aliphatic hydroxyl groups is 1. The number of hydrogen-bond donors (Lipinski definition) is 1. The average molecular weight is 156 g/mol. The lowest BCUT2D eigenvalue weighted by molar-refractivity contribution is -0.134. The molecule has 0 aliphatic carbocycles. The SMILES string of the molecule is C=C[C@H]1OC[C@@H]1[C@H](O)CCC. The smallest absolute Gasteiger partial charge is 0.0828 e. The first kappa shape index (κ1) is 8.75. The van der Waals surface area contributed by atoms with Crippen molar-refractivity contribution < 1.29 is 9.84 Å². The van der Waals surface area contributed by atoms with Crippen molar-refractivity contribution in [3.05, 3.63) is 12.7 Å². The number of rotatable bonds is 4. The highest BCUT2D eigenvalue weighted by Gasteiger charge is 2.34. The summed E-state index contributed by atoms with van der Waals surface area (Å²) in [7, 11) is 0. The molecule has 0 spiro atoms. The van der Waals surface area contributed by atoms with Crippen molar-refractivity contribution in [3.63, 3.8) is 0 Å². The van der Waals surface area contributed by atoms with E-state index in [1.54, 1.807) is 6.08 Å². The second-order valence-electron chi connectivity index (χ2n) is 3.05. The van der Waals surface area contributed by atoms with Gasteiger partial charge in [-0.1, -0.05) is 19.4 Å². The lowest BCUT2D eigenvalue weighted by Crippen LogP contribution is -2.45. The Morgan fingerprint density at radius 3 is 2.91 bits per heavy atom.